The van der Waals surface area contributed by atoms with Gasteiger partial charge in [0.2, 0.25) is 5.91 Å². The van der Waals surface area contributed by atoms with Gasteiger partial charge in [-0.3, -0.25) is 14.2 Å². The molecule has 0 aliphatic heterocycles. The van der Waals surface area contributed by atoms with Gasteiger partial charge in [0.15, 0.2) is 0 Å². The maximum Gasteiger partial charge on any atom is 0.262 e. The van der Waals surface area contributed by atoms with Crippen LogP contribution >= 0.6 is 22.9 Å². The highest BCUT2D eigenvalue weighted by molar-refractivity contribution is 7.18. The van der Waals surface area contributed by atoms with Crippen LogP contribution in [-0.2, 0) is 24.2 Å². The van der Waals surface area contributed by atoms with Crippen molar-refractivity contribution in [3.05, 3.63) is 62.0 Å². The molecule has 1 N–H and O–H groups in total. The lowest BCUT2D eigenvalue weighted by molar-refractivity contribution is -0.122. The maximum atomic E-state index is 12.9. The van der Waals surface area contributed by atoms with Gasteiger partial charge in [-0.25, -0.2) is 4.98 Å². The number of fused-ring (bicyclic) bond motifs is 3. The number of hydrogen-bond donors (Lipinski definition) is 1. The molecular weight excluding hydrogens is 382 g/mol. The number of carbonyl (C=O) groups excluding carboxylic acids is 1. The molecule has 5 nitrogen and oxygen atoms in total. The highest BCUT2D eigenvalue weighted by Gasteiger charge is 2.20. The molecule has 1 unspecified atom stereocenters. The summed E-state index contributed by atoms with van der Waals surface area (Å²) in [5, 5.41) is 4.25. The number of aromatic nitrogens is 2. The SMILES string of the molecule is CC(NC(=O)Cn1cnc2sc3c(c2c1=O)CCCC3)c1cccc(Cl)c1. The molecule has 1 amide bonds. The van der Waals surface area contributed by atoms with Crippen molar-refractivity contribution in [2.75, 3.05) is 0 Å². The number of nitrogens with zero attached hydrogens (tertiary/aromatic N) is 2. The van der Waals surface area contributed by atoms with E-state index in [1.165, 1.54) is 15.8 Å². The van der Waals surface area contributed by atoms with Gasteiger partial charge in [0.25, 0.3) is 5.56 Å². The molecule has 2 heterocycles. The zero-order chi connectivity index (χ0) is 19.0. The van der Waals surface area contributed by atoms with Crippen LogP contribution in [0, 0.1) is 0 Å². The van der Waals surface area contributed by atoms with Crippen LogP contribution in [0.1, 0.15) is 41.8 Å². The Kier molecular flexibility index (Phi) is 5.02. The largest absolute Gasteiger partial charge is 0.348 e. The molecule has 7 heteroatoms. The van der Waals surface area contributed by atoms with Gasteiger partial charge in [-0.05, 0) is 55.9 Å². The lowest BCUT2D eigenvalue weighted by Crippen LogP contribution is -2.34. The molecular formula is C20H20ClN3O2S. The van der Waals surface area contributed by atoms with Crippen LogP contribution in [0.25, 0.3) is 10.2 Å². The first kappa shape index (κ1) is 18.2. The van der Waals surface area contributed by atoms with E-state index in [0.717, 1.165) is 41.6 Å². The van der Waals surface area contributed by atoms with E-state index in [9.17, 15) is 9.59 Å². The predicted molar refractivity (Wildman–Crippen MR) is 109 cm³/mol. The summed E-state index contributed by atoms with van der Waals surface area (Å²) in [6.07, 6.45) is 5.70. The summed E-state index contributed by atoms with van der Waals surface area (Å²) < 4.78 is 1.41. The zero-order valence-electron chi connectivity index (χ0n) is 15.0. The normalized spacial score (nSPS) is 14.7. The van der Waals surface area contributed by atoms with Crippen LogP contribution in [0.15, 0.2) is 35.4 Å². The highest BCUT2D eigenvalue weighted by atomic mass is 35.5. The van der Waals surface area contributed by atoms with E-state index in [-0.39, 0.29) is 24.1 Å². The highest BCUT2D eigenvalue weighted by Crippen LogP contribution is 2.33. The third-order valence-electron chi connectivity index (χ3n) is 4.98. The minimum Gasteiger partial charge on any atom is -0.348 e. The second-order valence-electron chi connectivity index (χ2n) is 6.91. The van der Waals surface area contributed by atoms with Gasteiger partial charge in [0.05, 0.1) is 17.8 Å². The predicted octanol–water partition coefficient (Wildman–Crippen LogP) is 3.87. The fourth-order valence-electron chi connectivity index (χ4n) is 3.59. The van der Waals surface area contributed by atoms with E-state index in [0.29, 0.717) is 10.4 Å². The van der Waals surface area contributed by atoms with Crippen LogP contribution < -0.4 is 10.9 Å². The third kappa shape index (κ3) is 3.64. The second kappa shape index (κ2) is 7.44. The number of nitrogens with one attached hydrogen (secondary N) is 1. The molecule has 0 radical (unpaired) electrons. The van der Waals surface area contributed by atoms with Gasteiger partial charge in [0, 0.05) is 9.90 Å². The number of hydrogen-bond acceptors (Lipinski definition) is 4. The van der Waals surface area contributed by atoms with Crippen LogP contribution in [-0.4, -0.2) is 15.5 Å². The fraction of sp³-hybridized carbons (Fsp3) is 0.350. The number of benzene rings is 1. The topological polar surface area (TPSA) is 64.0 Å². The average Bonchev–Trinajstić information content (AvgIpc) is 3.03. The van der Waals surface area contributed by atoms with Crippen molar-refractivity contribution in [2.45, 2.75) is 45.2 Å². The molecule has 3 aromatic rings. The first-order valence-electron chi connectivity index (χ1n) is 9.07. The smallest absolute Gasteiger partial charge is 0.262 e. The Balaban J connectivity index is 1.55. The lowest BCUT2D eigenvalue weighted by atomic mass is 9.97. The Hall–Kier alpha value is -2.18. The first-order chi connectivity index (χ1) is 13.0. The summed E-state index contributed by atoms with van der Waals surface area (Å²) >= 11 is 7.63. The number of amides is 1. The molecule has 1 aliphatic rings. The van der Waals surface area contributed by atoms with Gasteiger partial charge >= 0.3 is 0 Å². The summed E-state index contributed by atoms with van der Waals surface area (Å²) in [4.78, 5) is 31.9. The molecule has 0 bridgehead atoms. The minimum absolute atomic E-state index is 0.0443. The van der Waals surface area contributed by atoms with E-state index in [4.69, 9.17) is 11.6 Å². The molecule has 2 aromatic heterocycles. The molecule has 0 fully saturated rings. The van der Waals surface area contributed by atoms with Gasteiger partial charge in [-0.1, -0.05) is 23.7 Å². The molecule has 0 saturated carbocycles. The lowest BCUT2D eigenvalue weighted by Gasteiger charge is -2.15. The Morgan fingerprint density at radius 3 is 3.00 bits per heavy atom. The Bertz CT molecular complexity index is 1070. The molecule has 27 heavy (non-hydrogen) atoms. The van der Waals surface area contributed by atoms with E-state index in [1.807, 2.05) is 25.1 Å². The van der Waals surface area contributed by atoms with Crippen LogP contribution in [0.4, 0.5) is 0 Å². The second-order valence-corrected chi connectivity index (χ2v) is 8.43. The molecule has 1 atom stereocenters. The van der Waals surface area contributed by atoms with E-state index in [1.54, 1.807) is 17.4 Å². The van der Waals surface area contributed by atoms with Gasteiger partial charge in [-0.2, -0.15) is 0 Å². The van der Waals surface area contributed by atoms with Gasteiger partial charge < -0.3 is 5.32 Å². The number of rotatable bonds is 4. The van der Waals surface area contributed by atoms with Crippen molar-refractivity contribution in [2.24, 2.45) is 0 Å². The Morgan fingerprint density at radius 1 is 1.37 bits per heavy atom. The van der Waals surface area contributed by atoms with Crippen molar-refractivity contribution in [3.63, 3.8) is 0 Å². The van der Waals surface area contributed by atoms with E-state index < -0.39 is 0 Å². The summed E-state index contributed by atoms with van der Waals surface area (Å²) in [6.45, 7) is 1.85. The Labute approximate surface area is 166 Å². The molecule has 1 aromatic carbocycles. The Morgan fingerprint density at radius 2 is 2.19 bits per heavy atom. The average molecular weight is 402 g/mol. The fourth-order valence-corrected chi connectivity index (χ4v) is 5.01. The first-order valence-corrected chi connectivity index (χ1v) is 10.3. The molecule has 140 valence electrons. The maximum absolute atomic E-state index is 12.9. The number of thiophene rings is 1. The number of carbonyl (C=O) groups is 1. The van der Waals surface area contributed by atoms with Gasteiger partial charge in [0.1, 0.15) is 11.4 Å². The summed E-state index contributed by atoms with van der Waals surface area (Å²) in [5.74, 6) is -0.227. The zero-order valence-corrected chi connectivity index (χ0v) is 16.6. The van der Waals surface area contributed by atoms with Crippen molar-refractivity contribution >= 4 is 39.1 Å². The van der Waals surface area contributed by atoms with Crippen molar-refractivity contribution < 1.29 is 4.79 Å². The van der Waals surface area contributed by atoms with Crippen molar-refractivity contribution in [1.29, 1.82) is 0 Å². The van der Waals surface area contributed by atoms with Crippen LogP contribution in [0.3, 0.4) is 0 Å². The van der Waals surface area contributed by atoms with E-state index >= 15 is 0 Å². The van der Waals surface area contributed by atoms with Crippen LogP contribution in [0.2, 0.25) is 5.02 Å². The monoisotopic (exact) mass is 401 g/mol. The summed E-state index contributed by atoms with van der Waals surface area (Å²) in [6, 6.07) is 7.18. The van der Waals surface area contributed by atoms with Gasteiger partial charge in [-0.15, -0.1) is 11.3 Å². The molecule has 0 spiro atoms. The molecule has 1 aliphatic carbocycles. The summed E-state index contributed by atoms with van der Waals surface area (Å²) in [7, 11) is 0. The number of halogens is 1. The number of aryl methyl sites for hydroxylation is 2. The molecule has 4 rings (SSSR count). The van der Waals surface area contributed by atoms with E-state index in [2.05, 4.69) is 10.3 Å². The van der Waals surface area contributed by atoms with Crippen molar-refractivity contribution in [1.82, 2.24) is 14.9 Å². The summed E-state index contributed by atoms with van der Waals surface area (Å²) in [5.41, 5.74) is 1.94. The minimum atomic E-state index is -0.227. The standard InChI is InChI=1S/C20H20ClN3O2S/c1-12(13-5-4-6-14(21)9-13)23-17(25)10-24-11-22-19-18(20(24)26)15-7-2-3-8-16(15)27-19/h4-6,9,11-12H,2-3,7-8,10H2,1H3,(H,23,25). The quantitative estimate of drug-likeness (QED) is 0.721. The third-order valence-corrected chi connectivity index (χ3v) is 6.42. The van der Waals surface area contributed by atoms with Crippen LogP contribution in [0.5, 0.6) is 0 Å². The molecule has 0 saturated heterocycles. The van der Waals surface area contributed by atoms with Crippen molar-refractivity contribution in [3.8, 4) is 0 Å².